The van der Waals surface area contributed by atoms with Crippen LogP contribution in [-0.2, 0) is 19.6 Å². The summed E-state index contributed by atoms with van der Waals surface area (Å²) in [5, 5.41) is 8.80. The van der Waals surface area contributed by atoms with Crippen LogP contribution in [0.4, 0.5) is 17.3 Å². The number of nitrogens with one attached hydrogen (secondary N) is 2. The topological polar surface area (TPSA) is 232 Å². The van der Waals surface area contributed by atoms with E-state index < -0.39 is 0 Å². The van der Waals surface area contributed by atoms with Crippen molar-refractivity contribution in [1.82, 2.24) is 73.3 Å². The van der Waals surface area contributed by atoms with E-state index in [-0.39, 0.29) is 40.7 Å². The maximum Gasteiger partial charge on any atom is 0.278 e. The molecule has 9 aromatic rings. The molecule has 2 aliphatic heterocycles. The molecule has 0 amide bonds. The monoisotopic (exact) mass is 1220 g/mol. The predicted octanol–water partition coefficient (Wildman–Crippen LogP) is 7.77. The van der Waals surface area contributed by atoms with Gasteiger partial charge < -0.3 is 24.6 Å². The molecule has 11 rings (SSSR count). The first-order chi connectivity index (χ1) is 37.9. The van der Waals surface area contributed by atoms with E-state index in [1.54, 1.807) is 83.3 Å². The van der Waals surface area contributed by atoms with Gasteiger partial charge in [-0.3, -0.25) is 19.5 Å². The SMILES string of the molecule is C=CCn1[nH]c2nc(SC)ncc2c1=O.C=CCn1c(=O)c2cnc(Nc3ccc(N4CCC5(CCN(C)CC5)CC4)cc3)nc2n1-c1cccc(OC)n1.C=CCn1c(=O)c2cnc(SC)nc2n1-c1cccc(OC)n1.I. The summed E-state index contributed by atoms with van der Waals surface area (Å²) < 4.78 is 18.4. The maximum absolute atomic E-state index is 13.2. The first kappa shape index (κ1) is 57.6. The number of piperidine rings is 2. The summed E-state index contributed by atoms with van der Waals surface area (Å²) in [5.74, 6) is 2.37. The van der Waals surface area contributed by atoms with Crippen LogP contribution in [0.1, 0.15) is 25.7 Å². The van der Waals surface area contributed by atoms with Crippen molar-refractivity contribution in [3.8, 4) is 23.4 Å². The summed E-state index contributed by atoms with van der Waals surface area (Å²) in [6.45, 7) is 16.8. The zero-order chi connectivity index (χ0) is 54.9. The second-order valence-corrected chi connectivity index (χ2v) is 20.0. The second kappa shape index (κ2) is 25.9. The van der Waals surface area contributed by atoms with E-state index in [0.29, 0.717) is 97.8 Å². The Morgan fingerprint density at radius 3 is 1.67 bits per heavy atom. The molecule has 2 fully saturated rings. The van der Waals surface area contributed by atoms with E-state index in [9.17, 15) is 14.4 Å². The molecule has 25 heteroatoms. The minimum atomic E-state index is -0.209. The van der Waals surface area contributed by atoms with Crippen LogP contribution < -0.4 is 36.4 Å². The Bertz CT molecular complexity index is 3800. The van der Waals surface area contributed by atoms with Gasteiger partial charge in [-0.25, -0.2) is 48.3 Å². The Morgan fingerprint density at radius 2 is 1.14 bits per heavy atom. The predicted molar refractivity (Wildman–Crippen MR) is 323 cm³/mol. The quantitative estimate of drug-likeness (QED) is 0.0432. The molecule has 79 heavy (non-hydrogen) atoms. The van der Waals surface area contributed by atoms with Crippen molar-refractivity contribution in [2.45, 2.75) is 55.6 Å². The molecule has 0 bridgehead atoms. The Balaban J connectivity index is 0.000000177. The average Bonchev–Trinajstić information content (AvgIpc) is 4.14. The van der Waals surface area contributed by atoms with Crippen molar-refractivity contribution in [2.24, 2.45) is 5.41 Å². The molecule has 1 aromatic carbocycles. The normalized spacial score (nSPS) is 14.0. The largest absolute Gasteiger partial charge is 0.481 e. The number of methoxy groups -OCH3 is 2. The number of likely N-dealkylation sites (tertiary alicyclic amines) is 1. The third-order valence-corrected chi connectivity index (χ3v) is 14.8. The van der Waals surface area contributed by atoms with Gasteiger partial charge >= 0.3 is 0 Å². The molecule has 2 aliphatic rings. The maximum atomic E-state index is 13.2. The number of aromatic nitrogens is 14. The molecule has 22 nitrogen and oxygen atoms in total. The molecule has 0 radical (unpaired) electrons. The van der Waals surface area contributed by atoms with Gasteiger partial charge in [0.25, 0.3) is 16.7 Å². The fraction of sp³-hybridized carbons (Fsp3) is 0.315. The lowest BCUT2D eigenvalue weighted by Gasteiger charge is -2.46. The summed E-state index contributed by atoms with van der Waals surface area (Å²) in [4.78, 5) is 77.4. The Labute approximate surface area is 480 Å². The summed E-state index contributed by atoms with van der Waals surface area (Å²) in [6, 6.07) is 19.2. The molecule has 0 saturated carbocycles. The minimum absolute atomic E-state index is 0. The van der Waals surface area contributed by atoms with Gasteiger partial charge in [0, 0.05) is 55.2 Å². The molecule has 0 aliphatic carbocycles. The van der Waals surface area contributed by atoms with Gasteiger partial charge in [0.1, 0.15) is 16.2 Å². The van der Waals surface area contributed by atoms with Crippen LogP contribution >= 0.6 is 47.5 Å². The second-order valence-electron chi connectivity index (χ2n) is 18.5. The number of benzene rings is 1. The first-order valence-corrected chi connectivity index (χ1v) is 27.6. The van der Waals surface area contributed by atoms with E-state index >= 15 is 0 Å². The van der Waals surface area contributed by atoms with Crippen molar-refractivity contribution >= 4 is 97.9 Å². The fourth-order valence-corrected chi connectivity index (χ4v) is 10.2. The van der Waals surface area contributed by atoms with Gasteiger partial charge in [0.05, 0.1) is 33.9 Å². The average molecular weight is 1220 g/mol. The number of aromatic amines is 1. The number of thioether (sulfide) groups is 2. The van der Waals surface area contributed by atoms with Gasteiger partial charge in [-0.15, -0.1) is 43.7 Å². The van der Waals surface area contributed by atoms with Crippen molar-refractivity contribution in [1.29, 1.82) is 0 Å². The first-order valence-electron chi connectivity index (χ1n) is 25.1. The number of halogens is 1. The number of nitrogens with zero attached hydrogens (tertiary/aromatic N) is 15. The molecule has 2 saturated heterocycles. The fourth-order valence-electron chi connectivity index (χ4n) is 9.52. The highest BCUT2D eigenvalue weighted by Gasteiger charge is 2.37. The van der Waals surface area contributed by atoms with Crippen LogP contribution in [0.15, 0.2) is 142 Å². The zero-order valence-corrected chi connectivity index (χ0v) is 48.6. The van der Waals surface area contributed by atoms with Gasteiger partial charge in [-0.2, -0.15) is 15.0 Å². The van der Waals surface area contributed by atoms with Crippen LogP contribution in [0, 0.1) is 5.41 Å². The molecular formula is C54H62IN17O5S2. The molecule has 1 spiro atoms. The molecule has 0 unspecified atom stereocenters. The summed E-state index contributed by atoms with van der Waals surface area (Å²) in [7, 11) is 5.34. The third kappa shape index (κ3) is 12.5. The standard InChI is InChI=1S/C30H36N8O2.C15H15N5O2S.C9H10N4OS.HI/c1-4-16-37-28(39)24-21-31-29(34-27(24)38(37)25-6-5-7-26(33-25)40-3)32-22-8-10-23(11-9-22)36-19-14-30(15-20-36)12-17-35(2)18-13-30;1-4-8-19-14(21)10-9-16-15(23-3)18-13(10)20(19)11-6-5-7-12(17-11)22-2;1-3-4-13-8(14)6-5-10-9(15-2)11-7(6)12-13;/h4-11,21H,1,12-20H2,2-3H3,(H,31,32,34);4-7,9H,1,8H2,2-3H3;3,5H,1,4H2,2H3,(H,10,11,12);1H. The number of ether oxygens (including phenoxy) is 2. The van der Waals surface area contributed by atoms with E-state index in [1.807, 2.05) is 30.7 Å². The lowest BCUT2D eigenvalue weighted by molar-refractivity contribution is 0.0945. The van der Waals surface area contributed by atoms with Crippen LogP contribution in [0.5, 0.6) is 11.8 Å². The molecule has 8 aromatic heterocycles. The van der Waals surface area contributed by atoms with Crippen molar-refractivity contribution in [2.75, 3.05) is 70.2 Å². The van der Waals surface area contributed by atoms with E-state index in [2.05, 4.69) is 106 Å². The summed E-state index contributed by atoms with van der Waals surface area (Å²) in [6.07, 6.45) is 18.6. The van der Waals surface area contributed by atoms with Gasteiger partial charge in [-0.1, -0.05) is 53.9 Å². The van der Waals surface area contributed by atoms with Gasteiger partial charge in [-0.05, 0) is 100 Å². The Kier molecular flexibility index (Phi) is 18.9. The zero-order valence-electron chi connectivity index (χ0n) is 44.6. The molecule has 2 N–H and O–H groups in total. The molecular weight excluding hydrogens is 1160 g/mol. The van der Waals surface area contributed by atoms with Crippen LogP contribution in [0.2, 0.25) is 0 Å². The number of hydrogen-bond donors (Lipinski definition) is 2. The Hall–Kier alpha value is -7.62. The van der Waals surface area contributed by atoms with Crippen molar-refractivity contribution < 1.29 is 9.47 Å². The van der Waals surface area contributed by atoms with Crippen molar-refractivity contribution in [3.05, 3.63) is 148 Å². The highest BCUT2D eigenvalue weighted by Crippen LogP contribution is 2.42. The van der Waals surface area contributed by atoms with Crippen LogP contribution in [0.3, 0.4) is 0 Å². The number of pyridine rings is 2. The van der Waals surface area contributed by atoms with Gasteiger partial charge in [0.2, 0.25) is 17.7 Å². The number of anilines is 3. The molecule has 412 valence electrons. The van der Waals surface area contributed by atoms with Crippen molar-refractivity contribution in [3.63, 3.8) is 0 Å². The summed E-state index contributed by atoms with van der Waals surface area (Å²) >= 11 is 2.85. The van der Waals surface area contributed by atoms with E-state index in [1.165, 1.54) is 77.3 Å². The number of hydrogen-bond acceptors (Lipinski definition) is 18. The van der Waals surface area contributed by atoms with Crippen LogP contribution in [-0.4, -0.2) is 133 Å². The minimum Gasteiger partial charge on any atom is -0.481 e. The number of allylic oxidation sites excluding steroid dienone is 3. The highest BCUT2D eigenvalue weighted by molar-refractivity contribution is 14.0. The number of H-pyrrole nitrogens is 1. The lowest BCUT2D eigenvalue weighted by atomic mass is 9.71. The summed E-state index contributed by atoms with van der Waals surface area (Å²) in [5.41, 5.74) is 3.69. The number of rotatable bonds is 15. The number of fused-ring (bicyclic) bond motifs is 3. The highest BCUT2D eigenvalue weighted by atomic mass is 127. The van der Waals surface area contributed by atoms with E-state index in [4.69, 9.17) is 14.5 Å². The smallest absolute Gasteiger partial charge is 0.278 e. The van der Waals surface area contributed by atoms with Crippen LogP contribution in [0.25, 0.3) is 44.7 Å². The Morgan fingerprint density at radius 1 is 0.633 bits per heavy atom. The van der Waals surface area contributed by atoms with E-state index in [0.717, 1.165) is 18.8 Å². The molecule has 10 heterocycles. The molecule has 0 atom stereocenters. The third-order valence-electron chi connectivity index (χ3n) is 13.7. The lowest BCUT2D eigenvalue weighted by Crippen LogP contribution is -2.46. The van der Waals surface area contributed by atoms with Gasteiger partial charge in [0.15, 0.2) is 38.9 Å².